The molecule has 9 nitrogen and oxygen atoms in total. The van der Waals surface area contributed by atoms with E-state index in [4.69, 9.17) is 5.11 Å². The van der Waals surface area contributed by atoms with E-state index in [0.717, 1.165) is 28.3 Å². The zero-order valence-corrected chi connectivity index (χ0v) is 15.3. The fraction of sp³-hybridized carbons (Fsp3) is 0.150. The second-order valence-electron chi connectivity index (χ2n) is 7.16. The molecule has 0 aliphatic heterocycles. The van der Waals surface area contributed by atoms with Crippen molar-refractivity contribution in [2.45, 2.75) is 18.3 Å². The number of rotatable bonds is 4. The van der Waals surface area contributed by atoms with Gasteiger partial charge in [0.15, 0.2) is 5.65 Å². The van der Waals surface area contributed by atoms with E-state index in [1.165, 1.54) is 6.20 Å². The Morgan fingerprint density at radius 2 is 1.97 bits per heavy atom. The minimum atomic E-state index is -0.992. The van der Waals surface area contributed by atoms with Gasteiger partial charge in [-0.25, -0.2) is 14.6 Å². The molecule has 0 radical (unpaired) electrons. The number of H-pyrrole nitrogens is 2. The number of aromatic nitrogens is 5. The van der Waals surface area contributed by atoms with E-state index in [0.29, 0.717) is 5.65 Å². The monoisotopic (exact) mass is 407 g/mol. The first-order chi connectivity index (χ1) is 14.4. The second-order valence-corrected chi connectivity index (χ2v) is 7.16. The van der Waals surface area contributed by atoms with Crippen molar-refractivity contribution in [2.24, 2.45) is 0 Å². The lowest BCUT2D eigenvalue weighted by molar-refractivity contribution is 0.0697. The van der Waals surface area contributed by atoms with Crippen molar-refractivity contribution in [3.05, 3.63) is 86.2 Å². The largest absolute Gasteiger partial charge is 0.478 e. The Morgan fingerprint density at radius 3 is 2.67 bits per heavy atom. The third-order valence-electron chi connectivity index (χ3n) is 5.33. The molecular formula is C20H14FN5O4. The third-order valence-corrected chi connectivity index (χ3v) is 5.33. The molecule has 3 aromatic heterocycles. The summed E-state index contributed by atoms with van der Waals surface area (Å²) in [6, 6.07) is 8.32. The Bertz CT molecular complexity index is 1420. The standard InChI is InChI=1S/C20H14FN5O4/c21-16-8-22-17-13(12-5-11(12)9-1-3-10(4-2-9)19(28)29)6-15(25-26(16)17)14-7-23-20(30)24-18(14)27/h1-4,6-8,11-12H,5H2,(H,28,29)(H2,23,24,27,30)/t11-,12-/m0/s1. The molecule has 3 N–H and O–H groups in total. The van der Waals surface area contributed by atoms with Crippen LogP contribution in [0.15, 0.2) is 52.3 Å². The highest BCUT2D eigenvalue weighted by atomic mass is 19.1. The number of hydrogen-bond acceptors (Lipinski definition) is 5. The molecule has 0 bridgehead atoms. The van der Waals surface area contributed by atoms with Crippen LogP contribution in [0.3, 0.4) is 0 Å². The number of fused-ring (bicyclic) bond motifs is 1. The number of halogens is 1. The number of nitrogens with one attached hydrogen (secondary N) is 2. The predicted octanol–water partition coefficient (Wildman–Crippen LogP) is 1.88. The second kappa shape index (κ2) is 6.48. The summed E-state index contributed by atoms with van der Waals surface area (Å²) in [5, 5.41) is 13.2. The molecule has 0 unspecified atom stereocenters. The first-order valence-corrected chi connectivity index (χ1v) is 9.12. The summed E-state index contributed by atoms with van der Waals surface area (Å²) < 4.78 is 15.3. The van der Waals surface area contributed by atoms with Crippen LogP contribution in [-0.2, 0) is 0 Å². The summed E-state index contributed by atoms with van der Waals surface area (Å²) >= 11 is 0. The maximum atomic E-state index is 14.2. The lowest BCUT2D eigenvalue weighted by Gasteiger charge is -2.08. The molecule has 30 heavy (non-hydrogen) atoms. The molecule has 1 aliphatic rings. The third kappa shape index (κ3) is 2.89. The number of aromatic carboxylic acids is 1. The van der Waals surface area contributed by atoms with Crippen LogP contribution in [0.5, 0.6) is 0 Å². The summed E-state index contributed by atoms with van der Waals surface area (Å²) in [5.74, 6) is -1.54. The van der Waals surface area contributed by atoms with Crippen molar-refractivity contribution >= 4 is 11.6 Å². The van der Waals surface area contributed by atoms with Gasteiger partial charge < -0.3 is 10.1 Å². The maximum absolute atomic E-state index is 14.2. The number of nitrogens with zero attached hydrogens (tertiary/aromatic N) is 3. The van der Waals surface area contributed by atoms with Gasteiger partial charge in [0.05, 0.1) is 23.0 Å². The normalized spacial score (nSPS) is 17.9. The summed E-state index contributed by atoms with van der Waals surface area (Å²) in [6.45, 7) is 0. The lowest BCUT2D eigenvalue weighted by atomic mass is 10.0. The van der Waals surface area contributed by atoms with E-state index in [-0.39, 0.29) is 28.7 Å². The molecular weight excluding hydrogens is 393 g/mol. The molecule has 10 heteroatoms. The average Bonchev–Trinajstić information content (AvgIpc) is 3.44. The van der Waals surface area contributed by atoms with Gasteiger partial charge in [-0.2, -0.15) is 14.0 Å². The van der Waals surface area contributed by atoms with Gasteiger partial charge in [-0.3, -0.25) is 9.78 Å². The fourth-order valence-corrected chi connectivity index (χ4v) is 3.75. The molecule has 1 fully saturated rings. The molecule has 1 aromatic carbocycles. The number of hydrogen-bond donors (Lipinski definition) is 3. The number of carbonyl (C=O) groups is 1. The highest BCUT2D eigenvalue weighted by molar-refractivity contribution is 5.87. The number of aromatic amines is 2. The summed E-state index contributed by atoms with van der Waals surface area (Å²) in [4.78, 5) is 43.2. The molecule has 150 valence electrons. The van der Waals surface area contributed by atoms with Crippen molar-refractivity contribution in [3.8, 4) is 11.3 Å². The predicted molar refractivity (Wildman–Crippen MR) is 103 cm³/mol. The van der Waals surface area contributed by atoms with Crippen LogP contribution >= 0.6 is 0 Å². The molecule has 2 atom stereocenters. The summed E-state index contributed by atoms with van der Waals surface area (Å²) in [7, 11) is 0. The summed E-state index contributed by atoms with van der Waals surface area (Å²) in [6.07, 6.45) is 3.07. The smallest absolute Gasteiger partial charge is 0.335 e. The SMILES string of the molecule is O=C(O)c1ccc([C@@H]2C[C@@H]2c2cc(-c3c[nH]c(=O)[nH]c3=O)nn3c(F)cnc23)cc1. The van der Waals surface area contributed by atoms with E-state index in [2.05, 4.69) is 20.1 Å². The molecule has 0 amide bonds. The first kappa shape index (κ1) is 18.0. The van der Waals surface area contributed by atoms with Gasteiger partial charge >= 0.3 is 11.7 Å². The van der Waals surface area contributed by atoms with Gasteiger partial charge in [0.1, 0.15) is 0 Å². The van der Waals surface area contributed by atoms with Gasteiger partial charge in [-0.15, -0.1) is 0 Å². The van der Waals surface area contributed by atoms with E-state index in [9.17, 15) is 18.8 Å². The van der Waals surface area contributed by atoms with Crippen molar-refractivity contribution in [1.29, 1.82) is 0 Å². The van der Waals surface area contributed by atoms with Crippen LogP contribution in [0, 0.1) is 5.95 Å². The number of benzene rings is 1. The van der Waals surface area contributed by atoms with Gasteiger partial charge in [-0.05, 0) is 42.0 Å². The minimum Gasteiger partial charge on any atom is -0.478 e. The van der Waals surface area contributed by atoms with Crippen LogP contribution in [-0.4, -0.2) is 35.6 Å². The fourth-order valence-electron chi connectivity index (χ4n) is 3.75. The highest BCUT2D eigenvalue weighted by Crippen LogP contribution is 2.55. The van der Waals surface area contributed by atoms with Crippen LogP contribution in [0.4, 0.5) is 4.39 Å². The van der Waals surface area contributed by atoms with Crippen LogP contribution in [0.2, 0.25) is 0 Å². The highest BCUT2D eigenvalue weighted by Gasteiger charge is 2.41. The molecule has 0 saturated heterocycles. The number of carboxylic acids is 1. The van der Waals surface area contributed by atoms with Crippen molar-refractivity contribution < 1.29 is 14.3 Å². The van der Waals surface area contributed by atoms with Crippen molar-refractivity contribution in [1.82, 2.24) is 24.6 Å². The van der Waals surface area contributed by atoms with E-state index < -0.39 is 23.2 Å². The Morgan fingerprint density at radius 1 is 1.20 bits per heavy atom. The minimum absolute atomic E-state index is 0.00794. The molecule has 3 heterocycles. The molecule has 0 spiro atoms. The Hall–Kier alpha value is -4.08. The topological polar surface area (TPSA) is 133 Å². The molecule has 5 rings (SSSR count). The molecule has 4 aromatic rings. The van der Waals surface area contributed by atoms with Gasteiger partial charge in [-0.1, -0.05) is 12.1 Å². The number of carboxylic acid groups (broad SMARTS) is 1. The van der Waals surface area contributed by atoms with Crippen molar-refractivity contribution in [3.63, 3.8) is 0 Å². The van der Waals surface area contributed by atoms with E-state index in [1.807, 2.05) is 0 Å². The zero-order chi connectivity index (χ0) is 21.0. The zero-order valence-electron chi connectivity index (χ0n) is 15.3. The van der Waals surface area contributed by atoms with Gasteiger partial charge in [0.2, 0.25) is 5.95 Å². The van der Waals surface area contributed by atoms with Gasteiger partial charge in [0, 0.05) is 11.8 Å². The Labute approximate surface area is 166 Å². The lowest BCUT2D eigenvalue weighted by Crippen LogP contribution is -2.23. The number of imidazole rings is 1. The average molecular weight is 407 g/mol. The van der Waals surface area contributed by atoms with E-state index >= 15 is 0 Å². The van der Waals surface area contributed by atoms with Crippen LogP contribution < -0.4 is 11.2 Å². The van der Waals surface area contributed by atoms with Crippen LogP contribution in [0.1, 0.15) is 39.7 Å². The molecule has 1 aliphatic carbocycles. The van der Waals surface area contributed by atoms with Crippen LogP contribution in [0.25, 0.3) is 16.9 Å². The summed E-state index contributed by atoms with van der Waals surface area (Å²) in [5.41, 5.74) is 1.29. The van der Waals surface area contributed by atoms with Crippen molar-refractivity contribution in [2.75, 3.05) is 0 Å². The Kier molecular flexibility index (Phi) is 3.88. The van der Waals surface area contributed by atoms with E-state index in [1.54, 1.807) is 30.3 Å². The maximum Gasteiger partial charge on any atom is 0.335 e. The molecule has 1 saturated carbocycles. The quantitative estimate of drug-likeness (QED) is 0.473. The first-order valence-electron chi connectivity index (χ1n) is 9.12. The van der Waals surface area contributed by atoms with Gasteiger partial charge in [0.25, 0.3) is 5.56 Å². The Balaban J connectivity index is 1.58.